The maximum absolute atomic E-state index is 6.06. The van der Waals surface area contributed by atoms with Gasteiger partial charge in [-0.3, -0.25) is 0 Å². The van der Waals surface area contributed by atoms with Gasteiger partial charge in [-0.15, -0.1) is 0 Å². The maximum atomic E-state index is 6.06. The van der Waals surface area contributed by atoms with Gasteiger partial charge in [0.1, 0.15) is 11.6 Å². The van der Waals surface area contributed by atoms with Crippen LogP contribution in [-0.2, 0) is 13.0 Å². The molecule has 1 atom stereocenters. The zero-order valence-corrected chi connectivity index (χ0v) is 10.6. The van der Waals surface area contributed by atoms with Crippen LogP contribution in [0.5, 0.6) is 0 Å². The minimum atomic E-state index is -0.154. The lowest BCUT2D eigenvalue weighted by molar-refractivity contribution is 0.441. The zero-order chi connectivity index (χ0) is 11.5. The fraction of sp³-hybridized carbons (Fsp3) is 0.364. The predicted molar refractivity (Wildman–Crippen MR) is 64.9 cm³/mol. The van der Waals surface area contributed by atoms with Crippen LogP contribution in [-0.4, -0.2) is 9.55 Å². The van der Waals surface area contributed by atoms with Crippen LogP contribution < -0.4 is 5.73 Å². The molecule has 0 amide bonds. The van der Waals surface area contributed by atoms with Crippen LogP contribution in [0.3, 0.4) is 0 Å². The third-order valence-electron chi connectivity index (χ3n) is 2.50. The van der Waals surface area contributed by atoms with E-state index in [2.05, 4.69) is 32.4 Å². The van der Waals surface area contributed by atoms with Gasteiger partial charge in [0.25, 0.3) is 0 Å². The van der Waals surface area contributed by atoms with Crippen molar-refractivity contribution < 1.29 is 4.42 Å². The summed E-state index contributed by atoms with van der Waals surface area (Å²) in [6.45, 7) is 2.99. The van der Waals surface area contributed by atoms with Crippen molar-refractivity contribution >= 4 is 15.9 Å². The van der Waals surface area contributed by atoms with Crippen LogP contribution in [0.4, 0.5) is 0 Å². The standard InChI is InChI=1S/C11H14BrN3O/c1-2-15-6-5-14-11(15)7-8(13)9-3-4-10(12)16-9/h3-6,8H,2,7,13H2,1H3. The molecule has 0 aliphatic carbocycles. The lowest BCUT2D eigenvalue weighted by Gasteiger charge is -2.09. The van der Waals surface area contributed by atoms with E-state index in [1.54, 1.807) is 6.20 Å². The molecule has 2 aromatic heterocycles. The quantitative estimate of drug-likeness (QED) is 0.938. The minimum absolute atomic E-state index is 0.154. The second-order valence-corrected chi connectivity index (χ2v) is 4.36. The summed E-state index contributed by atoms with van der Waals surface area (Å²) in [7, 11) is 0. The third kappa shape index (κ3) is 2.36. The van der Waals surface area contributed by atoms with Gasteiger partial charge in [0.15, 0.2) is 4.67 Å². The van der Waals surface area contributed by atoms with Crippen LogP contribution in [0.15, 0.2) is 33.6 Å². The molecule has 0 saturated heterocycles. The molecule has 0 aliphatic rings. The fourth-order valence-corrected chi connectivity index (χ4v) is 1.96. The Balaban J connectivity index is 2.10. The highest BCUT2D eigenvalue weighted by atomic mass is 79.9. The number of halogens is 1. The monoisotopic (exact) mass is 283 g/mol. The lowest BCUT2D eigenvalue weighted by atomic mass is 10.1. The van der Waals surface area contributed by atoms with Crippen LogP contribution in [0.25, 0.3) is 0 Å². The molecule has 2 aromatic rings. The zero-order valence-electron chi connectivity index (χ0n) is 9.06. The molecule has 0 aliphatic heterocycles. The lowest BCUT2D eigenvalue weighted by Crippen LogP contribution is -2.15. The van der Waals surface area contributed by atoms with Gasteiger partial charge in [0, 0.05) is 25.4 Å². The Bertz CT molecular complexity index is 463. The summed E-state index contributed by atoms with van der Waals surface area (Å²) in [5.41, 5.74) is 6.06. The average molecular weight is 284 g/mol. The van der Waals surface area contributed by atoms with Crippen LogP contribution in [0.2, 0.25) is 0 Å². The summed E-state index contributed by atoms with van der Waals surface area (Å²) in [6.07, 6.45) is 4.44. The summed E-state index contributed by atoms with van der Waals surface area (Å²) in [6, 6.07) is 3.58. The molecule has 0 bridgehead atoms. The highest BCUT2D eigenvalue weighted by molar-refractivity contribution is 9.10. The van der Waals surface area contributed by atoms with Crippen molar-refractivity contribution in [3.8, 4) is 0 Å². The number of nitrogens with zero attached hydrogens (tertiary/aromatic N) is 2. The Labute approximate surface area is 103 Å². The van der Waals surface area contributed by atoms with Crippen molar-refractivity contribution in [2.75, 3.05) is 0 Å². The number of hydrogen-bond acceptors (Lipinski definition) is 3. The van der Waals surface area contributed by atoms with Crippen molar-refractivity contribution in [1.82, 2.24) is 9.55 Å². The van der Waals surface area contributed by atoms with Gasteiger partial charge in [-0.2, -0.15) is 0 Å². The van der Waals surface area contributed by atoms with Crippen LogP contribution >= 0.6 is 15.9 Å². The van der Waals surface area contributed by atoms with Gasteiger partial charge in [-0.1, -0.05) is 0 Å². The van der Waals surface area contributed by atoms with Gasteiger partial charge < -0.3 is 14.7 Å². The SMILES string of the molecule is CCn1ccnc1CC(N)c1ccc(Br)o1. The topological polar surface area (TPSA) is 57.0 Å². The molecule has 2 N–H and O–H groups in total. The number of aryl methyl sites for hydroxylation is 1. The summed E-state index contributed by atoms with van der Waals surface area (Å²) >= 11 is 3.26. The van der Waals surface area contributed by atoms with E-state index in [0.717, 1.165) is 18.1 Å². The van der Waals surface area contributed by atoms with E-state index >= 15 is 0 Å². The number of furan rings is 1. The first-order chi connectivity index (χ1) is 7.70. The Morgan fingerprint density at radius 2 is 2.38 bits per heavy atom. The van der Waals surface area contributed by atoms with E-state index in [1.165, 1.54) is 0 Å². The Morgan fingerprint density at radius 3 is 3.00 bits per heavy atom. The molecule has 4 nitrogen and oxygen atoms in total. The fourth-order valence-electron chi connectivity index (χ4n) is 1.64. The number of aromatic nitrogens is 2. The normalized spacial score (nSPS) is 12.9. The second-order valence-electron chi connectivity index (χ2n) is 3.58. The molecule has 5 heteroatoms. The molecule has 16 heavy (non-hydrogen) atoms. The largest absolute Gasteiger partial charge is 0.453 e. The van der Waals surface area contributed by atoms with Crippen molar-refractivity contribution in [2.45, 2.75) is 25.9 Å². The molecule has 2 rings (SSSR count). The highest BCUT2D eigenvalue weighted by Gasteiger charge is 2.13. The first-order valence-corrected chi connectivity index (χ1v) is 6.01. The molecule has 0 aromatic carbocycles. The third-order valence-corrected chi connectivity index (χ3v) is 2.93. The molecular weight excluding hydrogens is 270 g/mol. The van der Waals surface area contributed by atoms with Crippen LogP contribution in [0.1, 0.15) is 24.6 Å². The number of nitrogens with two attached hydrogens (primary N) is 1. The van der Waals surface area contributed by atoms with E-state index in [0.29, 0.717) is 11.1 Å². The molecule has 0 radical (unpaired) electrons. The van der Waals surface area contributed by atoms with Crippen molar-refractivity contribution in [1.29, 1.82) is 0 Å². The van der Waals surface area contributed by atoms with E-state index in [9.17, 15) is 0 Å². The summed E-state index contributed by atoms with van der Waals surface area (Å²) < 4.78 is 8.21. The first-order valence-electron chi connectivity index (χ1n) is 5.21. The molecule has 1 unspecified atom stereocenters. The summed E-state index contributed by atoms with van der Waals surface area (Å²) in [4.78, 5) is 4.29. The average Bonchev–Trinajstić information content (AvgIpc) is 2.86. The summed E-state index contributed by atoms with van der Waals surface area (Å²) in [5, 5.41) is 0. The van der Waals surface area contributed by atoms with Gasteiger partial charge in [0.2, 0.25) is 0 Å². The van der Waals surface area contributed by atoms with E-state index in [4.69, 9.17) is 10.2 Å². The predicted octanol–water partition coefficient (Wildman–Crippen LogP) is 2.50. The van der Waals surface area contributed by atoms with E-state index in [1.807, 2.05) is 18.3 Å². The Hall–Kier alpha value is -1.07. The molecule has 0 saturated carbocycles. The first kappa shape index (κ1) is 11.4. The molecular formula is C11H14BrN3O. The smallest absolute Gasteiger partial charge is 0.169 e. The molecule has 86 valence electrons. The van der Waals surface area contributed by atoms with Crippen molar-refractivity contribution in [3.63, 3.8) is 0 Å². The van der Waals surface area contributed by atoms with Gasteiger partial charge in [0.05, 0.1) is 6.04 Å². The second kappa shape index (κ2) is 4.84. The highest BCUT2D eigenvalue weighted by Crippen LogP contribution is 2.21. The van der Waals surface area contributed by atoms with Gasteiger partial charge >= 0.3 is 0 Å². The van der Waals surface area contributed by atoms with E-state index in [-0.39, 0.29) is 6.04 Å². The Morgan fingerprint density at radius 1 is 1.56 bits per heavy atom. The number of hydrogen-bond donors (Lipinski definition) is 1. The van der Waals surface area contributed by atoms with Crippen LogP contribution in [0, 0.1) is 0 Å². The Kier molecular flexibility index (Phi) is 3.46. The number of imidazole rings is 1. The minimum Gasteiger partial charge on any atom is -0.453 e. The summed E-state index contributed by atoms with van der Waals surface area (Å²) in [5.74, 6) is 1.76. The van der Waals surface area contributed by atoms with Crippen molar-refractivity contribution in [3.05, 3.63) is 40.8 Å². The van der Waals surface area contributed by atoms with Gasteiger partial charge in [-0.25, -0.2) is 4.98 Å². The molecule has 0 spiro atoms. The molecule has 0 fully saturated rings. The van der Waals surface area contributed by atoms with Crippen molar-refractivity contribution in [2.24, 2.45) is 5.73 Å². The maximum Gasteiger partial charge on any atom is 0.169 e. The molecule has 2 heterocycles. The van der Waals surface area contributed by atoms with E-state index < -0.39 is 0 Å². The van der Waals surface area contributed by atoms with Gasteiger partial charge in [-0.05, 0) is 35.0 Å². The number of rotatable bonds is 4.